The van der Waals surface area contributed by atoms with Gasteiger partial charge < -0.3 is 32.2 Å². The van der Waals surface area contributed by atoms with Crippen molar-refractivity contribution < 1.29 is 24.3 Å². The highest BCUT2D eigenvalue weighted by molar-refractivity contribution is 5.92. The molecule has 10 nitrogen and oxygen atoms in total. The highest BCUT2D eigenvalue weighted by atomic mass is 16.4. The van der Waals surface area contributed by atoms with Gasteiger partial charge in [-0.15, -0.1) is 0 Å². The molecule has 0 aliphatic heterocycles. The van der Waals surface area contributed by atoms with Gasteiger partial charge in [0, 0.05) is 29.9 Å². The van der Waals surface area contributed by atoms with Crippen LogP contribution in [0.5, 0.6) is 0 Å². The summed E-state index contributed by atoms with van der Waals surface area (Å²) in [6, 6.07) is 4.30. The Morgan fingerprint density at radius 2 is 1.81 bits per heavy atom. The minimum Gasteiger partial charge on any atom is -0.480 e. The molecule has 1 aromatic carbocycles. The van der Waals surface area contributed by atoms with Crippen LogP contribution in [0.15, 0.2) is 30.5 Å². The average Bonchev–Trinajstić information content (AvgIpc) is 3.17. The molecule has 0 saturated heterocycles. The van der Waals surface area contributed by atoms with Crippen LogP contribution >= 0.6 is 0 Å². The van der Waals surface area contributed by atoms with E-state index in [9.17, 15) is 24.3 Å². The molecule has 0 unspecified atom stereocenters. The van der Waals surface area contributed by atoms with Gasteiger partial charge in [-0.1, -0.05) is 38.5 Å². The first-order valence-electron chi connectivity index (χ1n) is 10.6. The summed E-state index contributed by atoms with van der Waals surface area (Å²) in [6.45, 7) is 3.62. The molecule has 0 radical (unpaired) electrons. The number of carboxylic acid groups (broad SMARTS) is 1. The highest BCUT2D eigenvalue weighted by Crippen LogP contribution is 2.19. The van der Waals surface area contributed by atoms with Crippen LogP contribution in [0.1, 0.15) is 38.7 Å². The van der Waals surface area contributed by atoms with Gasteiger partial charge in [0.2, 0.25) is 17.7 Å². The predicted molar refractivity (Wildman–Crippen MR) is 119 cm³/mol. The summed E-state index contributed by atoms with van der Waals surface area (Å²) in [5.74, 6) is -3.25. The van der Waals surface area contributed by atoms with E-state index in [0.717, 1.165) is 16.5 Å². The summed E-state index contributed by atoms with van der Waals surface area (Å²) in [5, 5.41) is 15.7. The molecule has 174 valence electrons. The third-order valence-electron chi connectivity index (χ3n) is 5.55. The Hall–Kier alpha value is -3.40. The Morgan fingerprint density at radius 1 is 1.12 bits per heavy atom. The summed E-state index contributed by atoms with van der Waals surface area (Å²) in [5.41, 5.74) is 12.5. The number of fused-ring (bicyclic) bond motifs is 1. The van der Waals surface area contributed by atoms with E-state index in [4.69, 9.17) is 11.5 Å². The number of carbonyl (C=O) groups is 4. The summed E-state index contributed by atoms with van der Waals surface area (Å²) < 4.78 is 0. The van der Waals surface area contributed by atoms with Gasteiger partial charge in [-0.25, -0.2) is 4.79 Å². The molecule has 0 fully saturated rings. The number of amides is 3. The van der Waals surface area contributed by atoms with E-state index in [1.807, 2.05) is 31.2 Å². The number of nitrogens with two attached hydrogens (primary N) is 2. The van der Waals surface area contributed by atoms with Gasteiger partial charge in [0.15, 0.2) is 0 Å². The summed E-state index contributed by atoms with van der Waals surface area (Å²) in [7, 11) is 0. The third-order valence-corrected chi connectivity index (χ3v) is 5.55. The second-order valence-corrected chi connectivity index (χ2v) is 7.95. The van der Waals surface area contributed by atoms with Crippen molar-refractivity contribution >= 4 is 34.6 Å². The largest absolute Gasteiger partial charge is 0.480 e. The van der Waals surface area contributed by atoms with Crippen LogP contribution in [0.4, 0.5) is 0 Å². The molecule has 32 heavy (non-hydrogen) atoms. The fourth-order valence-corrected chi connectivity index (χ4v) is 3.37. The monoisotopic (exact) mass is 445 g/mol. The number of para-hydroxylation sites is 1. The molecule has 0 spiro atoms. The highest BCUT2D eigenvalue weighted by Gasteiger charge is 2.31. The molecule has 4 atom stereocenters. The zero-order valence-electron chi connectivity index (χ0n) is 18.3. The van der Waals surface area contributed by atoms with Crippen molar-refractivity contribution in [3.8, 4) is 0 Å². The molecule has 0 aliphatic carbocycles. The average molecular weight is 446 g/mol. The van der Waals surface area contributed by atoms with E-state index in [0.29, 0.717) is 6.42 Å². The zero-order valence-corrected chi connectivity index (χ0v) is 18.3. The lowest BCUT2D eigenvalue weighted by Gasteiger charge is -2.26. The molecule has 0 aliphatic rings. The van der Waals surface area contributed by atoms with Crippen LogP contribution in [0.3, 0.4) is 0 Å². The first-order chi connectivity index (χ1) is 15.1. The van der Waals surface area contributed by atoms with E-state index in [1.165, 1.54) is 0 Å². The van der Waals surface area contributed by atoms with Crippen molar-refractivity contribution in [2.75, 3.05) is 0 Å². The topological polar surface area (TPSA) is 180 Å². The summed E-state index contributed by atoms with van der Waals surface area (Å²) in [6.07, 6.45) is 2.35. The molecule has 0 saturated carbocycles. The van der Waals surface area contributed by atoms with Crippen molar-refractivity contribution in [1.82, 2.24) is 15.6 Å². The van der Waals surface area contributed by atoms with Gasteiger partial charge in [0.1, 0.15) is 12.1 Å². The molecular weight excluding hydrogens is 414 g/mol. The van der Waals surface area contributed by atoms with Crippen LogP contribution in [0, 0.1) is 5.92 Å². The number of carbonyl (C=O) groups excluding carboxylic acids is 3. The number of benzene rings is 1. The van der Waals surface area contributed by atoms with E-state index >= 15 is 0 Å². The second kappa shape index (κ2) is 11.3. The van der Waals surface area contributed by atoms with Gasteiger partial charge in [-0.2, -0.15) is 0 Å². The van der Waals surface area contributed by atoms with Crippen LogP contribution in [-0.4, -0.2) is 51.9 Å². The number of carboxylic acids is 1. The van der Waals surface area contributed by atoms with Crippen molar-refractivity contribution in [3.63, 3.8) is 0 Å². The maximum atomic E-state index is 13.0. The Balaban J connectivity index is 2.12. The molecule has 3 amide bonds. The fourth-order valence-electron chi connectivity index (χ4n) is 3.37. The number of H-pyrrole nitrogens is 1. The molecule has 2 rings (SSSR count). The number of rotatable bonds is 12. The zero-order chi connectivity index (χ0) is 23.8. The predicted octanol–water partition coefficient (Wildman–Crippen LogP) is 0.404. The van der Waals surface area contributed by atoms with Crippen molar-refractivity contribution in [2.45, 2.75) is 57.7 Å². The van der Waals surface area contributed by atoms with E-state index < -0.39 is 41.8 Å². The number of hydrogen-bond acceptors (Lipinski definition) is 5. The Morgan fingerprint density at radius 3 is 2.44 bits per heavy atom. The van der Waals surface area contributed by atoms with Crippen LogP contribution < -0.4 is 22.1 Å². The SMILES string of the molecule is CC[C@H](C)[C@H](NC(=O)[C@@H](N)CCC(N)=O)C(=O)N[C@@H](Cc1c[nH]c2ccccc12)C(=O)O. The number of hydrogen-bond donors (Lipinski definition) is 6. The van der Waals surface area contributed by atoms with Crippen molar-refractivity contribution in [2.24, 2.45) is 17.4 Å². The number of aromatic nitrogens is 1. The van der Waals surface area contributed by atoms with Gasteiger partial charge in [-0.05, 0) is 24.0 Å². The van der Waals surface area contributed by atoms with E-state index in [1.54, 1.807) is 13.1 Å². The first kappa shape index (κ1) is 24.9. The lowest BCUT2D eigenvalue weighted by Crippen LogP contribution is -2.57. The lowest BCUT2D eigenvalue weighted by atomic mass is 9.96. The number of aromatic amines is 1. The van der Waals surface area contributed by atoms with Gasteiger partial charge in [0.05, 0.1) is 6.04 Å². The quantitative estimate of drug-likeness (QED) is 0.275. The molecular formula is C22H31N5O5. The number of nitrogens with one attached hydrogen (secondary N) is 3. The molecule has 2 aromatic rings. The maximum absolute atomic E-state index is 13.0. The Bertz CT molecular complexity index is 973. The number of aliphatic carboxylic acids is 1. The van der Waals surface area contributed by atoms with Crippen LogP contribution in [0.25, 0.3) is 10.9 Å². The third kappa shape index (κ3) is 6.55. The van der Waals surface area contributed by atoms with Crippen molar-refractivity contribution in [1.29, 1.82) is 0 Å². The molecule has 1 aromatic heterocycles. The second-order valence-electron chi connectivity index (χ2n) is 7.95. The van der Waals surface area contributed by atoms with Crippen LogP contribution in [0.2, 0.25) is 0 Å². The Kier molecular flexibility index (Phi) is 8.77. The van der Waals surface area contributed by atoms with E-state index in [2.05, 4.69) is 15.6 Å². The summed E-state index contributed by atoms with van der Waals surface area (Å²) in [4.78, 5) is 51.3. The number of primary amides is 1. The maximum Gasteiger partial charge on any atom is 0.326 e. The molecule has 10 heteroatoms. The minimum atomic E-state index is -1.19. The molecule has 8 N–H and O–H groups in total. The Labute approximate surface area is 186 Å². The van der Waals surface area contributed by atoms with E-state index in [-0.39, 0.29) is 25.2 Å². The smallest absolute Gasteiger partial charge is 0.326 e. The normalized spacial score (nSPS) is 14.8. The van der Waals surface area contributed by atoms with Gasteiger partial charge in [0.25, 0.3) is 0 Å². The van der Waals surface area contributed by atoms with Gasteiger partial charge >= 0.3 is 5.97 Å². The minimum absolute atomic E-state index is 0.0499. The lowest BCUT2D eigenvalue weighted by molar-refractivity contribution is -0.142. The van der Waals surface area contributed by atoms with Crippen LogP contribution in [-0.2, 0) is 25.6 Å². The molecule has 1 heterocycles. The standard InChI is InChI=1S/C22H31N5O5/c1-3-12(2)19(27-20(29)15(23)8-9-18(24)28)21(30)26-17(22(31)32)10-13-11-25-16-7-5-4-6-14(13)16/h4-7,11-12,15,17,19,25H,3,8-10,23H2,1-2H3,(H2,24,28)(H,26,30)(H,27,29)(H,31,32)/t12-,15-,17-,19-/m0/s1. The summed E-state index contributed by atoms with van der Waals surface area (Å²) >= 11 is 0. The first-order valence-corrected chi connectivity index (χ1v) is 10.6. The van der Waals surface area contributed by atoms with Gasteiger partial charge in [-0.3, -0.25) is 14.4 Å². The molecule has 0 bridgehead atoms. The van der Waals surface area contributed by atoms with Crippen molar-refractivity contribution in [3.05, 3.63) is 36.0 Å². The fraction of sp³-hybridized carbons (Fsp3) is 0.455.